The molecule has 0 aliphatic heterocycles. The number of aromatic nitrogens is 2. The molecule has 0 fully saturated rings. The molecule has 5 heteroatoms. The molecule has 0 bridgehead atoms. The van der Waals surface area contributed by atoms with E-state index in [1.807, 2.05) is 11.7 Å². The summed E-state index contributed by atoms with van der Waals surface area (Å²) >= 11 is 3.48. The highest BCUT2D eigenvalue weighted by Gasteiger charge is 2.10. The van der Waals surface area contributed by atoms with Crippen molar-refractivity contribution in [2.75, 3.05) is 0 Å². The van der Waals surface area contributed by atoms with Gasteiger partial charge in [-0.05, 0) is 22.4 Å². The third kappa shape index (κ3) is 1.68. The van der Waals surface area contributed by atoms with Crippen LogP contribution in [0.5, 0.6) is 0 Å². The van der Waals surface area contributed by atoms with Gasteiger partial charge in [0.2, 0.25) is 0 Å². The Morgan fingerprint density at radius 1 is 1.67 bits per heavy atom. The topological polar surface area (TPSA) is 55.9 Å². The summed E-state index contributed by atoms with van der Waals surface area (Å²) in [5, 5.41) is 4.32. The number of nitrogens with zero attached hydrogens (tertiary/aromatic N) is 2. The first-order valence-electron chi connectivity index (χ1n) is 3.84. The molecule has 0 radical (unpaired) electrons. The number of rotatable bonds is 3. The van der Waals surface area contributed by atoms with Gasteiger partial charge < -0.3 is 0 Å². The van der Waals surface area contributed by atoms with Crippen molar-refractivity contribution in [3.63, 3.8) is 0 Å². The highest BCUT2D eigenvalue weighted by Crippen LogP contribution is 2.20. The van der Waals surface area contributed by atoms with Crippen LogP contribution in [0.15, 0.2) is 4.47 Å². The number of aryl methyl sites for hydroxylation is 2. The van der Waals surface area contributed by atoms with Gasteiger partial charge in [0, 0.05) is 7.05 Å². The van der Waals surface area contributed by atoms with Gasteiger partial charge >= 0.3 is 0 Å². The van der Waals surface area contributed by atoms with Crippen LogP contribution >= 0.6 is 15.9 Å². The number of hydrogen-bond acceptors (Lipinski definition) is 3. The van der Waals surface area contributed by atoms with Crippen molar-refractivity contribution >= 4 is 15.9 Å². The molecule has 4 nitrogen and oxygen atoms in total. The van der Waals surface area contributed by atoms with Gasteiger partial charge in [0.15, 0.2) is 0 Å². The normalized spacial score (nSPS) is 10.7. The maximum Gasteiger partial charge on any atom is 0.0767 e. The Hall–Kier alpha value is -0.390. The van der Waals surface area contributed by atoms with Crippen molar-refractivity contribution in [1.82, 2.24) is 15.2 Å². The zero-order chi connectivity index (χ0) is 9.14. The second kappa shape index (κ2) is 4.02. The Balaban J connectivity index is 3.01. The average molecular weight is 233 g/mol. The highest BCUT2D eigenvalue weighted by atomic mass is 79.9. The fourth-order valence-corrected chi connectivity index (χ4v) is 1.87. The van der Waals surface area contributed by atoms with Gasteiger partial charge in [-0.1, -0.05) is 6.92 Å². The van der Waals surface area contributed by atoms with E-state index in [1.54, 1.807) is 0 Å². The molecule has 0 saturated heterocycles. The van der Waals surface area contributed by atoms with Crippen LogP contribution in [-0.2, 0) is 20.0 Å². The third-order valence-corrected chi connectivity index (χ3v) is 2.69. The molecule has 1 aromatic rings. The van der Waals surface area contributed by atoms with Crippen LogP contribution in [0, 0.1) is 0 Å². The lowest BCUT2D eigenvalue weighted by atomic mass is 10.3. The summed E-state index contributed by atoms with van der Waals surface area (Å²) in [6, 6.07) is 0. The van der Waals surface area contributed by atoms with Crippen molar-refractivity contribution in [2.24, 2.45) is 12.9 Å². The van der Waals surface area contributed by atoms with E-state index in [0.29, 0.717) is 6.54 Å². The Kier molecular flexibility index (Phi) is 3.25. The van der Waals surface area contributed by atoms with Gasteiger partial charge in [-0.3, -0.25) is 16.0 Å². The Morgan fingerprint density at radius 2 is 2.33 bits per heavy atom. The summed E-state index contributed by atoms with van der Waals surface area (Å²) in [5.41, 5.74) is 4.76. The molecule has 0 atom stereocenters. The number of hydrogen-bond donors (Lipinski definition) is 2. The summed E-state index contributed by atoms with van der Waals surface area (Å²) in [6.45, 7) is 2.71. The van der Waals surface area contributed by atoms with E-state index in [9.17, 15) is 0 Å². The first-order valence-corrected chi connectivity index (χ1v) is 4.63. The molecule has 0 aromatic carbocycles. The number of halogens is 1. The van der Waals surface area contributed by atoms with Crippen molar-refractivity contribution in [3.8, 4) is 0 Å². The van der Waals surface area contributed by atoms with Crippen LogP contribution in [0.1, 0.15) is 18.3 Å². The summed E-state index contributed by atoms with van der Waals surface area (Å²) in [4.78, 5) is 0. The molecule has 0 aliphatic rings. The van der Waals surface area contributed by atoms with Crippen LogP contribution in [0.4, 0.5) is 0 Å². The number of nitrogens with one attached hydrogen (secondary N) is 1. The first-order chi connectivity index (χ1) is 5.70. The van der Waals surface area contributed by atoms with Crippen molar-refractivity contribution in [3.05, 3.63) is 15.9 Å². The predicted octanol–water partition coefficient (Wildman–Crippen LogP) is 0.708. The lowest BCUT2D eigenvalue weighted by Crippen LogP contribution is -2.22. The predicted molar refractivity (Wildman–Crippen MR) is 51.3 cm³/mol. The van der Waals surface area contributed by atoms with E-state index in [4.69, 9.17) is 5.84 Å². The van der Waals surface area contributed by atoms with E-state index in [0.717, 1.165) is 22.3 Å². The monoisotopic (exact) mass is 232 g/mol. The van der Waals surface area contributed by atoms with Crippen LogP contribution in [0.25, 0.3) is 0 Å². The molecular weight excluding hydrogens is 220 g/mol. The van der Waals surface area contributed by atoms with Crippen molar-refractivity contribution < 1.29 is 0 Å². The standard InChI is InChI=1S/C7H13BrN4/c1-3-5-7(8)6(4-10-9)12(2)11-5/h10H,3-4,9H2,1-2H3. The minimum absolute atomic E-state index is 0.629. The second-order valence-corrected chi connectivity index (χ2v) is 3.36. The zero-order valence-electron chi connectivity index (χ0n) is 7.26. The maximum absolute atomic E-state index is 5.24. The smallest absolute Gasteiger partial charge is 0.0767 e. The van der Waals surface area contributed by atoms with Crippen LogP contribution < -0.4 is 11.3 Å². The molecule has 1 rings (SSSR count). The summed E-state index contributed by atoms with van der Waals surface area (Å²) in [7, 11) is 1.91. The molecule has 0 saturated carbocycles. The van der Waals surface area contributed by atoms with Crippen molar-refractivity contribution in [2.45, 2.75) is 19.9 Å². The molecule has 68 valence electrons. The van der Waals surface area contributed by atoms with Crippen molar-refractivity contribution in [1.29, 1.82) is 0 Å². The minimum Gasteiger partial charge on any atom is -0.271 e. The van der Waals surface area contributed by atoms with Crippen LogP contribution in [-0.4, -0.2) is 9.78 Å². The van der Waals surface area contributed by atoms with Gasteiger partial charge in [-0.15, -0.1) is 0 Å². The SMILES string of the molecule is CCc1nn(C)c(CNN)c1Br. The highest BCUT2D eigenvalue weighted by molar-refractivity contribution is 9.10. The number of hydrazine groups is 1. The lowest BCUT2D eigenvalue weighted by Gasteiger charge is -1.99. The summed E-state index contributed by atoms with van der Waals surface area (Å²) < 4.78 is 2.90. The zero-order valence-corrected chi connectivity index (χ0v) is 8.85. The quantitative estimate of drug-likeness (QED) is 0.597. The molecule has 0 spiro atoms. The molecule has 0 aliphatic carbocycles. The molecule has 12 heavy (non-hydrogen) atoms. The second-order valence-electron chi connectivity index (χ2n) is 2.57. The fourth-order valence-electron chi connectivity index (χ4n) is 1.11. The largest absolute Gasteiger partial charge is 0.271 e. The van der Waals surface area contributed by atoms with E-state index >= 15 is 0 Å². The van der Waals surface area contributed by atoms with Crippen LogP contribution in [0.2, 0.25) is 0 Å². The average Bonchev–Trinajstić information content (AvgIpc) is 2.32. The lowest BCUT2D eigenvalue weighted by molar-refractivity contribution is 0.641. The van der Waals surface area contributed by atoms with Crippen LogP contribution in [0.3, 0.4) is 0 Å². The Labute approximate surface area is 80.2 Å². The maximum atomic E-state index is 5.24. The number of nitrogens with two attached hydrogens (primary N) is 1. The van der Waals surface area contributed by atoms with Gasteiger partial charge in [0.25, 0.3) is 0 Å². The van der Waals surface area contributed by atoms with E-state index in [1.165, 1.54) is 0 Å². The third-order valence-electron chi connectivity index (χ3n) is 1.77. The van der Waals surface area contributed by atoms with E-state index < -0.39 is 0 Å². The Bertz CT molecular complexity index is 269. The molecular formula is C7H13BrN4. The van der Waals surface area contributed by atoms with E-state index in [-0.39, 0.29) is 0 Å². The molecule has 0 unspecified atom stereocenters. The van der Waals surface area contributed by atoms with E-state index in [2.05, 4.69) is 33.4 Å². The molecule has 0 amide bonds. The van der Waals surface area contributed by atoms with Gasteiger partial charge in [0.1, 0.15) is 0 Å². The first kappa shape index (κ1) is 9.70. The summed E-state index contributed by atoms with van der Waals surface area (Å²) in [5.74, 6) is 5.24. The molecule has 1 aromatic heterocycles. The van der Waals surface area contributed by atoms with Gasteiger partial charge in [-0.25, -0.2) is 0 Å². The Morgan fingerprint density at radius 3 is 2.75 bits per heavy atom. The van der Waals surface area contributed by atoms with Gasteiger partial charge in [-0.2, -0.15) is 5.10 Å². The molecule has 1 heterocycles. The fraction of sp³-hybridized carbons (Fsp3) is 0.571. The molecule has 3 N–H and O–H groups in total. The van der Waals surface area contributed by atoms with Gasteiger partial charge in [0.05, 0.1) is 22.4 Å². The minimum atomic E-state index is 0.629. The summed E-state index contributed by atoms with van der Waals surface area (Å²) in [6.07, 6.45) is 0.930.